The van der Waals surface area contributed by atoms with Gasteiger partial charge in [-0.2, -0.15) is 0 Å². The molecule has 0 spiro atoms. The third kappa shape index (κ3) is 1.47. The Hall–Kier alpha value is -0.910. The second-order valence-electron chi connectivity index (χ2n) is 2.32. The molecule has 60 valence electrons. The summed E-state index contributed by atoms with van der Waals surface area (Å²) in [6, 6.07) is 8.10. The fourth-order valence-electron chi connectivity index (χ4n) is 0.940. The van der Waals surface area contributed by atoms with Crippen molar-refractivity contribution in [2.24, 2.45) is 0 Å². The lowest BCUT2D eigenvalue weighted by Gasteiger charge is -1.98. The van der Waals surface area contributed by atoms with Crippen LogP contribution in [-0.2, 0) is 0 Å². The molecule has 0 saturated heterocycles. The van der Waals surface area contributed by atoms with Gasteiger partial charge in [0, 0.05) is 3.57 Å². The zero-order chi connectivity index (χ0) is 8.39. The van der Waals surface area contributed by atoms with E-state index in [0.717, 1.165) is 5.69 Å². The third-order valence-corrected chi connectivity index (χ3v) is 2.23. The summed E-state index contributed by atoms with van der Waals surface area (Å²) in [6.45, 7) is 0. The molecule has 2 aromatic rings. The molecule has 0 radical (unpaired) electrons. The zero-order valence-corrected chi connectivity index (χ0v) is 8.34. The Morgan fingerprint density at radius 3 is 2.50 bits per heavy atom. The van der Waals surface area contributed by atoms with Crippen LogP contribution in [0, 0.1) is 3.57 Å². The second kappa shape index (κ2) is 3.22. The van der Waals surface area contributed by atoms with Crippen molar-refractivity contribution < 1.29 is 0 Å². The highest BCUT2D eigenvalue weighted by molar-refractivity contribution is 14.1. The zero-order valence-electron chi connectivity index (χ0n) is 6.18. The average molecular weight is 271 g/mol. The topological polar surface area (TPSA) is 30.7 Å². The summed E-state index contributed by atoms with van der Waals surface area (Å²) in [7, 11) is 0. The molecule has 0 saturated carbocycles. The van der Waals surface area contributed by atoms with E-state index in [2.05, 4.69) is 32.9 Å². The molecule has 0 aliphatic carbocycles. The first-order chi connectivity index (χ1) is 5.86. The van der Waals surface area contributed by atoms with Gasteiger partial charge in [-0.3, -0.25) is 0 Å². The molecule has 3 nitrogen and oxygen atoms in total. The summed E-state index contributed by atoms with van der Waals surface area (Å²) in [5, 5.41) is 7.61. The Morgan fingerprint density at radius 1 is 1.17 bits per heavy atom. The largest absolute Gasteiger partial charge is 0.221 e. The minimum Gasteiger partial charge on any atom is -0.221 e. The fraction of sp³-hybridized carbons (Fsp3) is 0. The second-order valence-corrected chi connectivity index (χ2v) is 3.57. The third-order valence-electron chi connectivity index (χ3n) is 1.51. The van der Waals surface area contributed by atoms with Gasteiger partial charge in [0.2, 0.25) is 0 Å². The summed E-state index contributed by atoms with van der Waals surface area (Å²) >= 11 is 2.27. The molecule has 0 aliphatic heterocycles. The predicted octanol–water partition coefficient (Wildman–Crippen LogP) is 1.87. The molecule has 0 N–H and O–H groups in total. The Bertz CT molecular complexity index is 352. The van der Waals surface area contributed by atoms with E-state index in [-0.39, 0.29) is 0 Å². The molecule has 0 fully saturated rings. The first-order valence-corrected chi connectivity index (χ1v) is 4.56. The van der Waals surface area contributed by atoms with Crippen molar-refractivity contribution in [2.45, 2.75) is 0 Å². The van der Waals surface area contributed by atoms with Gasteiger partial charge in [-0.1, -0.05) is 5.21 Å². The van der Waals surface area contributed by atoms with Crippen molar-refractivity contribution in [3.8, 4) is 5.69 Å². The van der Waals surface area contributed by atoms with Gasteiger partial charge in [0.05, 0.1) is 18.1 Å². The molecule has 0 bridgehead atoms. The van der Waals surface area contributed by atoms with Gasteiger partial charge in [0.15, 0.2) is 0 Å². The first-order valence-electron chi connectivity index (χ1n) is 3.48. The summed E-state index contributed by atoms with van der Waals surface area (Å²) in [6.07, 6.45) is 3.49. The van der Waals surface area contributed by atoms with Gasteiger partial charge in [-0.05, 0) is 46.9 Å². The van der Waals surface area contributed by atoms with Crippen molar-refractivity contribution >= 4 is 22.6 Å². The molecule has 12 heavy (non-hydrogen) atoms. The van der Waals surface area contributed by atoms with Crippen LogP contribution in [-0.4, -0.2) is 15.0 Å². The normalized spacial score (nSPS) is 10.1. The lowest BCUT2D eigenvalue weighted by atomic mass is 10.3. The van der Waals surface area contributed by atoms with E-state index < -0.39 is 0 Å². The van der Waals surface area contributed by atoms with Crippen LogP contribution in [0.25, 0.3) is 5.69 Å². The highest BCUT2D eigenvalue weighted by Crippen LogP contribution is 2.09. The average Bonchev–Trinajstić information content (AvgIpc) is 2.58. The summed E-state index contributed by atoms with van der Waals surface area (Å²) in [5.74, 6) is 0. The predicted molar refractivity (Wildman–Crippen MR) is 54.1 cm³/mol. The molecule has 1 aromatic heterocycles. The first kappa shape index (κ1) is 7.72. The molecular formula is C8H6IN3. The lowest BCUT2D eigenvalue weighted by molar-refractivity contribution is 0.803. The van der Waals surface area contributed by atoms with Crippen molar-refractivity contribution in [2.75, 3.05) is 0 Å². The van der Waals surface area contributed by atoms with Gasteiger partial charge in [-0.15, -0.1) is 5.10 Å². The summed E-state index contributed by atoms with van der Waals surface area (Å²) in [4.78, 5) is 0. The van der Waals surface area contributed by atoms with Crippen LogP contribution in [0.5, 0.6) is 0 Å². The number of hydrogen-bond donors (Lipinski definition) is 0. The van der Waals surface area contributed by atoms with Crippen LogP contribution < -0.4 is 0 Å². The van der Waals surface area contributed by atoms with Gasteiger partial charge >= 0.3 is 0 Å². The van der Waals surface area contributed by atoms with E-state index >= 15 is 0 Å². The van der Waals surface area contributed by atoms with Gasteiger partial charge in [-0.25, -0.2) is 4.68 Å². The Balaban J connectivity index is 2.43. The fourth-order valence-corrected chi connectivity index (χ4v) is 1.30. The van der Waals surface area contributed by atoms with E-state index in [1.807, 2.05) is 30.5 Å². The molecule has 0 aliphatic rings. The molecule has 0 atom stereocenters. The van der Waals surface area contributed by atoms with Crippen LogP contribution in [0.15, 0.2) is 36.7 Å². The maximum absolute atomic E-state index is 3.88. The maximum Gasteiger partial charge on any atom is 0.0697 e. The van der Waals surface area contributed by atoms with Crippen LogP contribution in [0.3, 0.4) is 0 Å². The monoisotopic (exact) mass is 271 g/mol. The molecule has 1 heterocycles. The Kier molecular flexibility index (Phi) is 2.07. The summed E-state index contributed by atoms with van der Waals surface area (Å²) in [5.41, 5.74) is 1.04. The Morgan fingerprint density at radius 2 is 1.92 bits per heavy atom. The van der Waals surface area contributed by atoms with Gasteiger partial charge < -0.3 is 0 Å². The van der Waals surface area contributed by atoms with Gasteiger partial charge in [0.1, 0.15) is 0 Å². The number of aromatic nitrogens is 3. The molecule has 0 amide bonds. The van der Waals surface area contributed by atoms with Crippen LogP contribution in [0.4, 0.5) is 0 Å². The number of rotatable bonds is 1. The smallest absolute Gasteiger partial charge is 0.0697 e. The molecule has 4 heteroatoms. The lowest BCUT2D eigenvalue weighted by Crippen LogP contribution is -1.94. The van der Waals surface area contributed by atoms with E-state index in [1.54, 1.807) is 10.9 Å². The van der Waals surface area contributed by atoms with E-state index in [9.17, 15) is 0 Å². The number of nitrogens with zero attached hydrogens (tertiary/aromatic N) is 3. The van der Waals surface area contributed by atoms with E-state index in [0.29, 0.717) is 0 Å². The highest BCUT2D eigenvalue weighted by atomic mass is 127. The van der Waals surface area contributed by atoms with Crippen molar-refractivity contribution in [1.29, 1.82) is 0 Å². The van der Waals surface area contributed by atoms with Crippen LogP contribution in [0.1, 0.15) is 0 Å². The summed E-state index contributed by atoms with van der Waals surface area (Å²) < 4.78 is 2.95. The van der Waals surface area contributed by atoms with Crippen molar-refractivity contribution in [3.63, 3.8) is 0 Å². The number of benzene rings is 1. The minimum absolute atomic E-state index is 1.04. The molecule has 1 aromatic carbocycles. The van der Waals surface area contributed by atoms with Crippen molar-refractivity contribution in [1.82, 2.24) is 15.0 Å². The standard InChI is InChI=1S/C8H6IN3/c9-7-1-3-8(4-2-7)12-6-5-10-11-12/h1-6H. The van der Waals surface area contributed by atoms with Gasteiger partial charge in [0.25, 0.3) is 0 Å². The molecule has 2 rings (SSSR count). The Labute approximate surface area is 83.5 Å². The minimum atomic E-state index is 1.04. The quantitative estimate of drug-likeness (QED) is 0.741. The molecular weight excluding hydrogens is 265 g/mol. The van der Waals surface area contributed by atoms with E-state index in [4.69, 9.17) is 0 Å². The van der Waals surface area contributed by atoms with Crippen LogP contribution >= 0.6 is 22.6 Å². The van der Waals surface area contributed by atoms with Crippen molar-refractivity contribution in [3.05, 3.63) is 40.2 Å². The molecule has 0 unspecified atom stereocenters. The maximum atomic E-state index is 3.88. The van der Waals surface area contributed by atoms with Crippen LogP contribution in [0.2, 0.25) is 0 Å². The van der Waals surface area contributed by atoms with E-state index in [1.165, 1.54) is 3.57 Å². The SMILES string of the molecule is Ic1ccc(-n2ccnn2)cc1. The number of hydrogen-bond acceptors (Lipinski definition) is 2. The number of halogens is 1. The highest BCUT2D eigenvalue weighted by Gasteiger charge is 1.94.